The molecule has 1 heterocycles. The van der Waals surface area contributed by atoms with Crippen molar-refractivity contribution in [2.75, 3.05) is 13.1 Å². The molecule has 0 spiro atoms. The van der Waals surface area contributed by atoms with Crippen LogP contribution in [0.2, 0.25) is 0 Å². The number of hydrogen-bond donors (Lipinski definition) is 1. The van der Waals surface area contributed by atoms with Crippen molar-refractivity contribution in [1.29, 1.82) is 0 Å². The van der Waals surface area contributed by atoms with Gasteiger partial charge in [0.15, 0.2) is 0 Å². The Kier molecular flexibility index (Phi) is 5.62. The Morgan fingerprint density at radius 3 is 2.63 bits per heavy atom. The van der Waals surface area contributed by atoms with Crippen LogP contribution in [-0.2, 0) is 9.59 Å². The van der Waals surface area contributed by atoms with E-state index in [9.17, 15) is 22.8 Å². The molecule has 7 heteroatoms. The predicted octanol–water partition coefficient (Wildman–Crippen LogP) is 1.85. The van der Waals surface area contributed by atoms with E-state index in [2.05, 4.69) is 5.32 Å². The van der Waals surface area contributed by atoms with Crippen LogP contribution < -0.4 is 5.32 Å². The summed E-state index contributed by atoms with van der Waals surface area (Å²) in [7, 11) is 0. The summed E-state index contributed by atoms with van der Waals surface area (Å²) in [6, 6.07) is -0.592. The summed E-state index contributed by atoms with van der Waals surface area (Å²) in [6.45, 7) is 2.13. The van der Waals surface area contributed by atoms with Crippen LogP contribution in [-0.4, -0.2) is 42.0 Å². The molecule has 1 rings (SSSR count). The van der Waals surface area contributed by atoms with E-state index in [1.165, 1.54) is 4.90 Å². The van der Waals surface area contributed by atoms with E-state index < -0.39 is 18.6 Å². The summed E-state index contributed by atoms with van der Waals surface area (Å²) in [4.78, 5) is 24.9. The maximum Gasteiger partial charge on any atom is 0.389 e. The topological polar surface area (TPSA) is 49.4 Å². The van der Waals surface area contributed by atoms with Crippen LogP contribution in [0.15, 0.2) is 0 Å². The van der Waals surface area contributed by atoms with Gasteiger partial charge in [-0.2, -0.15) is 13.2 Å². The molecule has 4 nitrogen and oxygen atoms in total. The predicted molar refractivity (Wildman–Crippen MR) is 63.3 cm³/mol. The first kappa shape index (κ1) is 15.8. The van der Waals surface area contributed by atoms with Gasteiger partial charge >= 0.3 is 6.18 Å². The summed E-state index contributed by atoms with van der Waals surface area (Å²) in [5.41, 5.74) is 0. The third-order valence-corrected chi connectivity index (χ3v) is 3.02. The first-order valence-corrected chi connectivity index (χ1v) is 6.48. The van der Waals surface area contributed by atoms with Gasteiger partial charge in [-0.25, -0.2) is 0 Å². The smallest absolute Gasteiger partial charge is 0.344 e. The first-order chi connectivity index (χ1) is 8.83. The highest BCUT2D eigenvalue weighted by molar-refractivity contribution is 5.89. The Bertz CT molecular complexity index is 331. The summed E-state index contributed by atoms with van der Waals surface area (Å²) in [5, 5.41) is 2.61. The van der Waals surface area contributed by atoms with Gasteiger partial charge in [-0.3, -0.25) is 9.59 Å². The number of amides is 2. The highest BCUT2D eigenvalue weighted by Gasteiger charge is 2.31. The van der Waals surface area contributed by atoms with Crippen molar-refractivity contribution >= 4 is 11.8 Å². The zero-order valence-electron chi connectivity index (χ0n) is 10.9. The molecule has 0 saturated carbocycles. The molecule has 0 aliphatic carbocycles. The lowest BCUT2D eigenvalue weighted by atomic mass is 10.1. The van der Waals surface area contributed by atoms with Crippen LogP contribution >= 0.6 is 0 Å². The third kappa shape index (κ3) is 5.48. The van der Waals surface area contributed by atoms with Gasteiger partial charge in [-0.05, 0) is 12.8 Å². The average Bonchev–Trinajstić information content (AvgIpc) is 2.41. The summed E-state index contributed by atoms with van der Waals surface area (Å²) in [5.74, 6) is -0.486. The molecule has 1 N–H and O–H groups in total. The molecule has 1 unspecified atom stereocenters. The molecule has 1 aliphatic heterocycles. The fourth-order valence-corrected chi connectivity index (χ4v) is 2.07. The van der Waals surface area contributed by atoms with E-state index in [1.807, 2.05) is 6.92 Å². The highest BCUT2D eigenvalue weighted by atomic mass is 19.4. The quantitative estimate of drug-likeness (QED) is 0.835. The Labute approximate surface area is 110 Å². The molecular weight excluding hydrogens is 261 g/mol. The van der Waals surface area contributed by atoms with Crippen molar-refractivity contribution in [3.8, 4) is 0 Å². The van der Waals surface area contributed by atoms with Gasteiger partial charge in [0, 0.05) is 25.9 Å². The molecule has 0 bridgehead atoms. The molecule has 1 fully saturated rings. The second-order valence-electron chi connectivity index (χ2n) is 4.70. The molecule has 1 aliphatic rings. The molecule has 0 aromatic rings. The average molecular weight is 280 g/mol. The second kappa shape index (κ2) is 6.77. The molecule has 1 atom stereocenters. The van der Waals surface area contributed by atoms with Crippen LogP contribution in [0.1, 0.15) is 39.0 Å². The molecule has 0 aromatic heterocycles. The van der Waals surface area contributed by atoms with E-state index in [0.29, 0.717) is 6.42 Å². The van der Waals surface area contributed by atoms with E-state index >= 15 is 0 Å². The molecule has 0 radical (unpaired) electrons. The van der Waals surface area contributed by atoms with Gasteiger partial charge < -0.3 is 10.2 Å². The molecule has 2 amide bonds. The van der Waals surface area contributed by atoms with Crippen LogP contribution in [0, 0.1) is 0 Å². The van der Waals surface area contributed by atoms with Crippen molar-refractivity contribution in [2.45, 2.75) is 51.2 Å². The number of halogens is 3. The fourth-order valence-electron chi connectivity index (χ4n) is 2.07. The maximum absolute atomic E-state index is 12.1. The van der Waals surface area contributed by atoms with Crippen LogP contribution in [0.4, 0.5) is 13.2 Å². The van der Waals surface area contributed by atoms with E-state index in [0.717, 1.165) is 6.42 Å². The summed E-state index contributed by atoms with van der Waals surface area (Å²) >= 11 is 0. The number of carbonyl (C=O) groups excluding carboxylic acids is 2. The van der Waals surface area contributed by atoms with Crippen LogP contribution in [0.3, 0.4) is 0 Å². The molecule has 0 aromatic carbocycles. The van der Waals surface area contributed by atoms with Crippen molar-refractivity contribution in [1.82, 2.24) is 10.2 Å². The Balaban J connectivity index is 2.55. The fraction of sp³-hybridized carbons (Fsp3) is 0.833. The van der Waals surface area contributed by atoms with Crippen molar-refractivity contribution < 1.29 is 22.8 Å². The number of rotatable bonds is 5. The zero-order chi connectivity index (χ0) is 14.5. The number of carbonyl (C=O) groups is 2. The van der Waals surface area contributed by atoms with Gasteiger partial charge in [-0.15, -0.1) is 0 Å². The van der Waals surface area contributed by atoms with E-state index in [1.54, 1.807) is 0 Å². The highest BCUT2D eigenvalue weighted by Crippen LogP contribution is 2.21. The Morgan fingerprint density at radius 1 is 1.37 bits per heavy atom. The second-order valence-corrected chi connectivity index (χ2v) is 4.70. The number of nitrogens with zero attached hydrogens (tertiary/aromatic N) is 1. The lowest BCUT2D eigenvalue weighted by Crippen LogP contribution is -2.44. The minimum Gasteiger partial charge on any atom is -0.344 e. The minimum absolute atomic E-state index is 0.0491. The third-order valence-electron chi connectivity index (χ3n) is 3.02. The number of alkyl halides is 3. The van der Waals surface area contributed by atoms with E-state index in [-0.39, 0.29) is 37.7 Å². The van der Waals surface area contributed by atoms with Crippen LogP contribution in [0.25, 0.3) is 0 Å². The monoisotopic (exact) mass is 280 g/mol. The molecule has 19 heavy (non-hydrogen) atoms. The van der Waals surface area contributed by atoms with Gasteiger partial charge in [0.05, 0.1) is 0 Å². The SMILES string of the molecule is CCCC1NC(=O)CCN(CCCC(F)(F)F)C1=O. The Morgan fingerprint density at radius 2 is 2.05 bits per heavy atom. The maximum atomic E-state index is 12.1. The summed E-state index contributed by atoms with van der Waals surface area (Å²) in [6.07, 6.45) is -3.84. The lowest BCUT2D eigenvalue weighted by molar-refractivity contribution is -0.141. The van der Waals surface area contributed by atoms with Gasteiger partial charge in [-0.1, -0.05) is 13.3 Å². The lowest BCUT2D eigenvalue weighted by Gasteiger charge is -2.24. The largest absolute Gasteiger partial charge is 0.389 e. The molecule has 110 valence electrons. The normalized spacial score (nSPS) is 21.3. The first-order valence-electron chi connectivity index (χ1n) is 6.48. The zero-order valence-corrected chi connectivity index (χ0v) is 10.9. The van der Waals surface area contributed by atoms with Gasteiger partial charge in [0.2, 0.25) is 11.8 Å². The van der Waals surface area contributed by atoms with Gasteiger partial charge in [0.25, 0.3) is 0 Å². The van der Waals surface area contributed by atoms with Crippen molar-refractivity contribution in [3.63, 3.8) is 0 Å². The standard InChI is InChI=1S/C12H19F3N2O2/c1-2-4-9-11(19)17(8-5-10(18)16-9)7-3-6-12(13,14)15/h9H,2-8H2,1H3,(H,16,18). The molecule has 1 saturated heterocycles. The van der Waals surface area contributed by atoms with Crippen molar-refractivity contribution in [2.24, 2.45) is 0 Å². The summed E-state index contributed by atoms with van der Waals surface area (Å²) < 4.78 is 36.2. The Hall–Kier alpha value is -1.27. The number of nitrogens with one attached hydrogen (secondary N) is 1. The van der Waals surface area contributed by atoms with E-state index in [4.69, 9.17) is 0 Å². The van der Waals surface area contributed by atoms with Gasteiger partial charge in [0.1, 0.15) is 6.04 Å². The molecular formula is C12H19F3N2O2. The minimum atomic E-state index is -4.20. The number of hydrogen-bond acceptors (Lipinski definition) is 2. The van der Waals surface area contributed by atoms with Crippen molar-refractivity contribution in [3.05, 3.63) is 0 Å². The van der Waals surface area contributed by atoms with Crippen LogP contribution in [0.5, 0.6) is 0 Å².